The average molecular weight is 263 g/mol. The van der Waals surface area contributed by atoms with E-state index < -0.39 is 5.97 Å². The standard InChI is InChI=1S/C14H21N3O2/c1-2-14(6-3-4-7-14)9-17-12-11(15)10(13(18)19)5-8-16-12/h5,8H,2-4,6-7,9,15H2,1H3,(H,16,17)(H,18,19). The highest BCUT2D eigenvalue weighted by molar-refractivity contribution is 5.96. The van der Waals surface area contributed by atoms with Crippen molar-refractivity contribution in [1.29, 1.82) is 0 Å². The van der Waals surface area contributed by atoms with Crippen LogP contribution in [-0.2, 0) is 0 Å². The van der Waals surface area contributed by atoms with E-state index in [2.05, 4.69) is 17.2 Å². The van der Waals surface area contributed by atoms with E-state index in [0.717, 1.165) is 13.0 Å². The van der Waals surface area contributed by atoms with E-state index in [0.29, 0.717) is 11.2 Å². The molecule has 0 unspecified atom stereocenters. The van der Waals surface area contributed by atoms with Crippen molar-refractivity contribution in [3.05, 3.63) is 17.8 Å². The zero-order valence-electron chi connectivity index (χ0n) is 11.3. The Hall–Kier alpha value is -1.78. The van der Waals surface area contributed by atoms with Crippen molar-refractivity contribution in [2.45, 2.75) is 39.0 Å². The van der Waals surface area contributed by atoms with Gasteiger partial charge >= 0.3 is 5.97 Å². The second-order valence-corrected chi connectivity index (χ2v) is 5.34. The number of pyridine rings is 1. The average Bonchev–Trinajstić information content (AvgIpc) is 2.87. The second kappa shape index (κ2) is 5.47. The van der Waals surface area contributed by atoms with Crippen molar-refractivity contribution >= 4 is 17.5 Å². The first-order valence-electron chi connectivity index (χ1n) is 6.80. The summed E-state index contributed by atoms with van der Waals surface area (Å²) < 4.78 is 0. The molecule has 4 N–H and O–H groups in total. The van der Waals surface area contributed by atoms with E-state index in [1.165, 1.54) is 37.9 Å². The van der Waals surface area contributed by atoms with Gasteiger partial charge in [0, 0.05) is 12.7 Å². The first kappa shape index (κ1) is 13.6. The van der Waals surface area contributed by atoms with Gasteiger partial charge < -0.3 is 16.2 Å². The first-order valence-corrected chi connectivity index (χ1v) is 6.80. The normalized spacial score (nSPS) is 17.3. The summed E-state index contributed by atoms with van der Waals surface area (Å²) in [6.45, 7) is 3.02. The van der Waals surface area contributed by atoms with Crippen molar-refractivity contribution in [3.8, 4) is 0 Å². The maximum absolute atomic E-state index is 11.0. The van der Waals surface area contributed by atoms with E-state index in [4.69, 9.17) is 10.8 Å². The van der Waals surface area contributed by atoms with Crippen LogP contribution in [0.15, 0.2) is 12.3 Å². The molecule has 0 amide bonds. The molecule has 0 atom stereocenters. The summed E-state index contributed by atoms with van der Waals surface area (Å²) in [6.07, 6.45) is 7.58. The van der Waals surface area contributed by atoms with Gasteiger partial charge in [-0.2, -0.15) is 0 Å². The van der Waals surface area contributed by atoms with Crippen LogP contribution >= 0.6 is 0 Å². The Balaban J connectivity index is 2.11. The number of carboxylic acid groups (broad SMARTS) is 1. The Kier molecular flexibility index (Phi) is 3.93. The number of hydrogen-bond donors (Lipinski definition) is 3. The highest BCUT2D eigenvalue weighted by Crippen LogP contribution is 2.41. The Morgan fingerprint density at radius 1 is 1.53 bits per heavy atom. The topological polar surface area (TPSA) is 88.2 Å². The molecular weight excluding hydrogens is 242 g/mol. The molecule has 19 heavy (non-hydrogen) atoms. The molecule has 0 aliphatic heterocycles. The van der Waals surface area contributed by atoms with Crippen molar-refractivity contribution in [2.24, 2.45) is 5.41 Å². The number of nitrogens with zero attached hydrogens (tertiary/aromatic N) is 1. The van der Waals surface area contributed by atoms with Gasteiger partial charge in [-0.3, -0.25) is 0 Å². The van der Waals surface area contributed by atoms with Crippen molar-refractivity contribution in [2.75, 3.05) is 17.6 Å². The Bertz CT molecular complexity index is 468. The fourth-order valence-electron chi connectivity index (χ4n) is 2.85. The summed E-state index contributed by atoms with van der Waals surface area (Å²) in [4.78, 5) is 15.2. The molecule has 0 aromatic carbocycles. The van der Waals surface area contributed by atoms with Crippen molar-refractivity contribution in [1.82, 2.24) is 4.98 Å². The number of rotatable bonds is 5. The van der Waals surface area contributed by atoms with Crippen LogP contribution in [0.25, 0.3) is 0 Å². The van der Waals surface area contributed by atoms with E-state index in [-0.39, 0.29) is 11.3 Å². The zero-order valence-corrected chi connectivity index (χ0v) is 11.3. The molecule has 1 aliphatic carbocycles. The second-order valence-electron chi connectivity index (χ2n) is 5.34. The molecule has 0 spiro atoms. The summed E-state index contributed by atoms with van der Waals surface area (Å²) in [5.74, 6) is -0.534. The molecular formula is C14H21N3O2. The molecule has 5 nitrogen and oxygen atoms in total. The van der Waals surface area contributed by atoms with Crippen LogP contribution < -0.4 is 11.1 Å². The fourth-order valence-corrected chi connectivity index (χ4v) is 2.85. The van der Waals surface area contributed by atoms with E-state index in [1.807, 2.05) is 0 Å². The van der Waals surface area contributed by atoms with E-state index in [9.17, 15) is 4.79 Å². The predicted octanol–water partition coefficient (Wildman–Crippen LogP) is 2.74. The number of aromatic carboxylic acids is 1. The Labute approximate surface area is 113 Å². The lowest BCUT2D eigenvalue weighted by molar-refractivity contribution is 0.0698. The first-order chi connectivity index (χ1) is 9.08. The Morgan fingerprint density at radius 3 is 2.79 bits per heavy atom. The summed E-state index contributed by atoms with van der Waals surface area (Å²) in [5, 5.41) is 12.3. The summed E-state index contributed by atoms with van der Waals surface area (Å²) in [7, 11) is 0. The Morgan fingerprint density at radius 2 is 2.21 bits per heavy atom. The largest absolute Gasteiger partial charge is 0.478 e. The highest BCUT2D eigenvalue weighted by Gasteiger charge is 2.32. The van der Waals surface area contributed by atoms with E-state index >= 15 is 0 Å². The number of nitrogens with one attached hydrogen (secondary N) is 1. The van der Waals surface area contributed by atoms with Crippen LogP contribution in [0.4, 0.5) is 11.5 Å². The van der Waals surface area contributed by atoms with E-state index in [1.54, 1.807) is 0 Å². The molecule has 1 fully saturated rings. The summed E-state index contributed by atoms with van der Waals surface area (Å²) in [6, 6.07) is 1.42. The van der Waals surface area contributed by atoms with Crippen LogP contribution in [-0.4, -0.2) is 22.6 Å². The van der Waals surface area contributed by atoms with Gasteiger partial charge in [0.15, 0.2) is 0 Å². The van der Waals surface area contributed by atoms with Gasteiger partial charge in [-0.1, -0.05) is 19.8 Å². The van der Waals surface area contributed by atoms with Gasteiger partial charge in [0.1, 0.15) is 5.82 Å². The fraction of sp³-hybridized carbons (Fsp3) is 0.571. The molecule has 0 radical (unpaired) electrons. The third-order valence-corrected chi connectivity index (χ3v) is 4.27. The van der Waals surface area contributed by atoms with Gasteiger partial charge in [0.2, 0.25) is 0 Å². The van der Waals surface area contributed by atoms with Gasteiger partial charge in [0.25, 0.3) is 0 Å². The summed E-state index contributed by atoms with van der Waals surface area (Å²) in [5.41, 5.74) is 6.49. The van der Waals surface area contributed by atoms with Crippen LogP contribution in [0.3, 0.4) is 0 Å². The van der Waals surface area contributed by atoms with Gasteiger partial charge in [0.05, 0.1) is 11.3 Å². The molecule has 5 heteroatoms. The van der Waals surface area contributed by atoms with Crippen molar-refractivity contribution in [3.63, 3.8) is 0 Å². The quantitative estimate of drug-likeness (QED) is 0.760. The summed E-state index contributed by atoms with van der Waals surface area (Å²) >= 11 is 0. The molecule has 104 valence electrons. The lowest BCUT2D eigenvalue weighted by Crippen LogP contribution is -2.26. The molecule has 1 aromatic rings. The molecule has 2 rings (SSSR count). The lowest BCUT2D eigenvalue weighted by Gasteiger charge is -2.28. The monoisotopic (exact) mass is 263 g/mol. The molecule has 0 bridgehead atoms. The molecule has 1 heterocycles. The van der Waals surface area contributed by atoms with Crippen LogP contribution in [0, 0.1) is 5.41 Å². The minimum absolute atomic E-state index is 0.106. The smallest absolute Gasteiger partial charge is 0.337 e. The highest BCUT2D eigenvalue weighted by atomic mass is 16.4. The number of nitrogen functional groups attached to an aromatic ring is 1. The molecule has 1 aliphatic rings. The minimum Gasteiger partial charge on any atom is -0.478 e. The molecule has 1 aromatic heterocycles. The molecule has 0 saturated heterocycles. The van der Waals surface area contributed by atoms with Gasteiger partial charge in [-0.05, 0) is 30.7 Å². The maximum Gasteiger partial charge on any atom is 0.337 e. The molecule has 1 saturated carbocycles. The number of carbonyl (C=O) groups is 1. The lowest BCUT2D eigenvalue weighted by atomic mass is 9.83. The SMILES string of the molecule is CCC1(CNc2nccc(C(=O)O)c2N)CCCC1. The number of carboxylic acids is 1. The number of hydrogen-bond acceptors (Lipinski definition) is 4. The number of aromatic nitrogens is 1. The third kappa shape index (κ3) is 2.80. The number of anilines is 2. The van der Waals surface area contributed by atoms with Crippen molar-refractivity contribution < 1.29 is 9.90 Å². The number of nitrogens with two attached hydrogens (primary N) is 1. The zero-order chi connectivity index (χ0) is 13.9. The van der Waals surface area contributed by atoms with Gasteiger partial charge in [-0.15, -0.1) is 0 Å². The van der Waals surface area contributed by atoms with Gasteiger partial charge in [-0.25, -0.2) is 9.78 Å². The predicted molar refractivity (Wildman–Crippen MR) is 75.3 cm³/mol. The minimum atomic E-state index is -1.02. The van der Waals surface area contributed by atoms with Crippen LogP contribution in [0.2, 0.25) is 0 Å². The third-order valence-electron chi connectivity index (χ3n) is 4.27. The van der Waals surface area contributed by atoms with Crippen LogP contribution in [0.1, 0.15) is 49.4 Å². The van der Waals surface area contributed by atoms with Crippen LogP contribution in [0.5, 0.6) is 0 Å². The maximum atomic E-state index is 11.0.